The van der Waals surface area contributed by atoms with Crippen LogP contribution >= 0.6 is 11.3 Å². The third kappa shape index (κ3) is 2.94. The minimum Gasteiger partial charge on any atom is -0.391 e. The molecule has 7 heteroatoms. The van der Waals surface area contributed by atoms with Crippen LogP contribution in [0.4, 0.5) is 5.82 Å². The van der Waals surface area contributed by atoms with Gasteiger partial charge in [0.05, 0.1) is 11.5 Å². The predicted octanol–water partition coefficient (Wildman–Crippen LogP) is 2.05. The molecule has 0 aliphatic carbocycles. The normalized spacial score (nSPS) is 11.5. The average Bonchev–Trinajstić information content (AvgIpc) is 2.70. The summed E-state index contributed by atoms with van der Waals surface area (Å²) >= 11 is 1.23. The van der Waals surface area contributed by atoms with Crippen LogP contribution in [-0.2, 0) is 16.6 Å². The minimum absolute atomic E-state index is 0.142. The van der Waals surface area contributed by atoms with Crippen LogP contribution in [0.25, 0.3) is 0 Å². The topological polar surface area (TPSA) is 79.3 Å². The largest absolute Gasteiger partial charge is 0.391 e. The maximum atomic E-state index is 12.3. The summed E-state index contributed by atoms with van der Waals surface area (Å²) in [5, 5.41) is 10.9. The molecule has 0 atom stereocenters. The predicted molar refractivity (Wildman–Crippen MR) is 74.8 cm³/mol. The Hall–Kier alpha value is -1.44. The summed E-state index contributed by atoms with van der Waals surface area (Å²) in [7, 11) is -3.72. The van der Waals surface area contributed by atoms with Crippen molar-refractivity contribution in [2.24, 2.45) is 0 Å². The van der Waals surface area contributed by atoms with E-state index >= 15 is 0 Å². The number of sulfonamides is 1. The lowest BCUT2D eigenvalue weighted by molar-refractivity contribution is 0.282. The van der Waals surface area contributed by atoms with Gasteiger partial charge < -0.3 is 5.11 Å². The van der Waals surface area contributed by atoms with Gasteiger partial charge in [-0.3, -0.25) is 4.72 Å². The van der Waals surface area contributed by atoms with Crippen molar-refractivity contribution in [2.45, 2.75) is 25.3 Å². The van der Waals surface area contributed by atoms with E-state index in [9.17, 15) is 13.5 Å². The van der Waals surface area contributed by atoms with E-state index in [-0.39, 0.29) is 17.3 Å². The molecule has 102 valence electrons. The first-order chi connectivity index (χ1) is 8.94. The van der Waals surface area contributed by atoms with Crippen molar-refractivity contribution in [2.75, 3.05) is 4.72 Å². The molecule has 0 unspecified atom stereocenters. The molecule has 0 spiro atoms. The van der Waals surface area contributed by atoms with Gasteiger partial charge in [-0.2, -0.15) is 0 Å². The zero-order chi connectivity index (χ0) is 14.0. The van der Waals surface area contributed by atoms with E-state index in [1.807, 2.05) is 0 Å². The van der Waals surface area contributed by atoms with E-state index < -0.39 is 10.0 Å². The molecule has 0 saturated carbocycles. The average molecular weight is 298 g/mol. The van der Waals surface area contributed by atoms with E-state index in [0.29, 0.717) is 10.4 Å². The van der Waals surface area contributed by atoms with E-state index in [1.165, 1.54) is 11.3 Å². The summed E-state index contributed by atoms with van der Waals surface area (Å²) in [4.78, 5) is 4.67. The lowest BCUT2D eigenvalue weighted by Crippen LogP contribution is -2.15. The van der Waals surface area contributed by atoms with E-state index in [2.05, 4.69) is 9.71 Å². The Balaban J connectivity index is 2.40. The van der Waals surface area contributed by atoms with Gasteiger partial charge in [0.25, 0.3) is 10.0 Å². The Kier molecular flexibility index (Phi) is 3.88. The van der Waals surface area contributed by atoms with Gasteiger partial charge in [0, 0.05) is 5.69 Å². The van der Waals surface area contributed by atoms with E-state index in [0.717, 1.165) is 5.69 Å². The molecule has 0 radical (unpaired) electrons. The Morgan fingerprint density at radius 1 is 1.37 bits per heavy atom. The van der Waals surface area contributed by atoms with Crippen molar-refractivity contribution < 1.29 is 13.5 Å². The second-order valence-electron chi connectivity index (χ2n) is 4.10. The van der Waals surface area contributed by atoms with Crippen molar-refractivity contribution in [3.05, 3.63) is 39.7 Å². The first-order valence-electron chi connectivity index (χ1n) is 5.58. The summed E-state index contributed by atoms with van der Waals surface area (Å²) in [6, 6.07) is 5.10. The van der Waals surface area contributed by atoms with Gasteiger partial charge in [-0.05, 0) is 36.9 Å². The zero-order valence-electron chi connectivity index (χ0n) is 10.5. The van der Waals surface area contributed by atoms with Gasteiger partial charge in [0.1, 0.15) is 10.7 Å². The van der Waals surface area contributed by atoms with Crippen LogP contribution in [0.5, 0.6) is 0 Å². The number of nitrogens with zero attached hydrogens (tertiary/aromatic N) is 1. The number of hydrogen-bond donors (Lipinski definition) is 2. The standard InChI is InChI=1S/C12H14N2O3S2/c1-8-7-18-10(6-15)12(8)19(16,17)14-11-5-3-4-9(2)13-11/h3-5,7,15H,6H2,1-2H3,(H,13,14). The molecular formula is C12H14N2O3S2. The number of thiophene rings is 1. The van der Waals surface area contributed by atoms with Crippen molar-refractivity contribution in [1.29, 1.82) is 0 Å². The quantitative estimate of drug-likeness (QED) is 0.905. The molecular weight excluding hydrogens is 284 g/mol. The number of aryl methyl sites for hydroxylation is 2. The van der Waals surface area contributed by atoms with Gasteiger partial charge in [-0.1, -0.05) is 6.07 Å². The first kappa shape index (κ1) is 14.0. The number of aliphatic hydroxyl groups excluding tert-OH is 1. The SMILES string of the molecule is Cc1cccc(NS(=O)(=O)c2c(C)csc2CO)n1. The molecule has 19 heavy (non-hydrogen) atoms. The fourth-order valence-corrected chi connectivity index (χ4v) is 4.41. The Bertz CT molecular complexity index is 693. The van der Waals surface area contributed by atoms with Crippen LogP contribution in [0.1, 0.15) is 16.1 Å². The van der Waals surface area contributed by atoms with Crippen molar-refractivity contribution in [1.82, 2.24) is 4.98 Å². The Morgan fingerprint density at radius 2 is 2.11 bits per heavy atom. The summed E-state index contributed by atoms with van der Waals surface area (Å²) < 4.78 is 27.1. The highest BCUT2D eigenvalue weighted by Gasteiger charge is 2.23. The number of rotatable bonds is 4. The molecule has 0 saturated heterocycles. The third-order valence-corrected chi connectivity index (χ3v) is 5.33. The third-order valence-electron chi connectivity index (χ3n) is 2.53. The molecule has 0 fully saturated rings. The first-order valence-corrected chi connectivity index (χ1v) is 7.94. The summed E-state index contributed by atoms with van der Waals surface area (Å²) in [5.41, 5.74) is 1.35. The van der Waals surface area contributed by atoms with Crippen LogP contribution in [0.15, 0.2) is 28.5 Å². The van der Waals surface area contributed by atoms with E-state index in [1.54, 1.807) is 37.4 Å². The van der Waals surface area contributed by atoms with Crippen LogP contribution in [0.3, 0.4) is 0 Å². The van der Waals surface area contributed by atoms with Crippen molar-refractivity contribution >= 4 is 27.2 Å². The number of aliphatic hydroxyl groups is 1. The number of anilines is 1. The fourth-order valence-electron chi connectivity index (χ4n) is 1.75. The summed E-state index contributed by atoms with van der Waals surface area (Å²) in [6.45, 7) is 3.19. The van der Waals surface area contributed by atoms with Gasteiger partial charge in [0.15, 0.2) is 0 Å². The highest BCUT2D eigenvalue weighted by atomic mass is 32.2. The highest BCUT2D eigenvalue weighted by molar-refractivity contribution is 7.93. The Labute approximate surface area is 116 Å². The molecule has 2 rings (SSSR count). The summed E-state index contributed by atoms with van der Waals surface area (Å²) in [6.07, 6.45) is 0. The maximum absolute atomic E-state index is 12.3. The second kappa shape index (κ2) is 5.28. The highest BCUT2D eigenvalue weighted by Crippen LogP contribution is 2.28. The summed E-state index contributed by atoms with van der Waals surface area (Å²) in [5.74, 6) is 0.273. The van der Waals surface area contributed by atoms with Crippen LogP contribution in [-0.4, -0.2) is 18.5 Å². The molecule has 2 N–H and O–H groups in total. The number of nitrogens with one attached hydrogen (secondary N) is 1. The second-order valence-corrected chi connectivity index (χ2v) is 6.68. The zero-order valence-corrected chi connectivity index (χ0v) is 12.2. The lowest BCUT2D eigenvalue weighted by Gasteiger charge is -2.09. The van der Waals surface area contributed by atoms with E-state index in [4.69, 9.17) is 0 Å². The minimum atomic E-state index is -3.72. The molecule has 0 aromatic carbocycles. The van der Waals surface area contributed by atoms with Gasteiger partial charge in [-0.25, -0.2) is 13.4 Å². The van der Waals surface area contributed by atoms with Gasteiger partial charge in [0.2, 0.25) is 0 Å². The van der Waals surface area contributed by atoms with Crippen molar-refractivity contribution in [3.8, 4) is 0 Å². The Morgan fingerprint density at radius 3 is 2.74 bits per heavy atom. The molecule has 2 aromatic rings. The molecule has 5 nitrogen and oxygen atoms in total. The maximum Gasteiger partial charge on any atom is 0.264 e. The molecule has 0 amide bonds. The fraction of sp³-hybridized carbons (Fsp3) is 0.250. The molecule has 2 aromatic heterocycles. The van der Waals surface area contributed by atoms with Crippen LogP contribution in [0, 0.1) is 13.8 Å². The van der Waals surface area contributed by atoms with Crippen molar-refractivity contribution in [3.63, 3.8) is 0 Å². The molecule has 0 bridgehead atoms. The molecule has 0 aliphatic heterocycles. The molecule has 2 heterocycles. The van der Waals surface area contributed by atoms with Crippen LogP contribution < -0.4 is 4.72 Å². The lowest BCUT2D eigenvalue weighted by atomic mass is 10.3. The number of aromatic nitrogens is 1. The van der Waals surface area contributed by atoms with Crippen LogP contribution in [0.2, 0.25) is 0 Å². The smallest absolute Gasteiger partial charge is 0.264 e. The monoisotopic (exact) mass is 298 g/mol. The van der Waals surface area contributed by atoms with Gasteiger partial charge >= 0.3 is 0 Å². The number of hydrogen-bond acceptors (Lipinski definition) is 5. The molecule has 0 aliphatic rings. The number of pyridine rings is 1. The van der Waals surface area contributed by atoms with Gasteiger partial charge in [-0.15, -0.1) is 11.3 Å².